The van der Waals surface area contributed by atoms with Gasteiger partial charge in [0.25, 0.3) is 0 Å². The average molecular weight is 280 g/mol. The number of hydrogen-bond acceptors (Lipinski definition) is 4. The van der Waals surface area contributed by atoms with Crippen LogP contribution in [0, 0.1) is 6.92 Å². The maximum Gasteiger partial charge on any atom is 0.372 e. The number of hydrogen-bond donors (Lipinski definition) is 1. The number of benzene rings is 1. The number of sulfone groups is 1. The Balaban J connectivity index is 2.37. The molecule has 0 amide bonds. The van der Waals surface area contributed by atoms with Crippen LogP contribution in [0.5, 0.6) is 0 Å². The monoisotopic (exact) mass is 280 g/mol. The van der Waals surface area contributed by atoms with Crippen molar-refractivity contribution in [3.05, 3.63) is 53.5 Å². The van der Waals surface area contributed by atoms with Crippen molar-refractivity contribution in [3.63, 3.8) is 0 Å². The Morgan fingerprint density at radius 1 is 1.32 bits per heavy atom. The van der Waals surface area contributed by atoms with E-state index in [1.807, 2.05) is 0 Å². The molecule has 0 radical (unpaired) electrons. The Hall–Kier alpha value is -2.08. The number of carbonyl (C=O) groups is 1. The van der Waals surface area contributed by atoms with Crippen LogP contribution < -0.4 is 0 Å². The highest BCUT2D eigenvalue weighted by Crippen LogP contribution is 2.20. The highest BCUT2D eigenvalue weighted by atomic mass is 32.2. The Kier molecular flexibility index (Phi) is 3.44. The molecular formula is C13H12O5S. The van der Waals surface area contributed by atoms with Crippen LogP contribution in [-0.4, -0.2) is 19.5 Å². The van der Waals surface area contributed by atoms with Gasteiger partial charge in [-0.3, -0.25) is 0 Å². The summed E-state index contributed by atoms with van der Waals surface area (Å²) in [6.45, 7) is 1.79. The summed E-state index contributed by atoms with van der Waals surface area (Å²) >= 11 is 0. The van der Waals surface area contributed by atoms with Gasteiger partial charge in [0.15, 0.2) is 9.84 Å². The third kappa shape index (κ3) is 2.85. The van der Waals surface area contributed by atoms with Crippen LogP contribution in [0.3, 0.4) is 0 Å². The smallest absolute Gasteiger partial charge is 0.372 e. The van der Waals surface area contributed by atoms with Gasteiger partial charge in [0.1, 0.15) is 0 Å². The zero-order valence-electron chi connectivity index (χ0n) is 10.2. The second-order valence-electron chi connectivity index (χ2n) is 4.16. The number of furan rings is 1. The highest BCUT2D eigenvalue weighted by Gasteiger charge is 2.22. The van der Waals surface area contributed by atoms with E-state index in [0.29, 0.717) is 0 Å². The van der Waals surface area contributed by atoms with Crippen molar-refractivity contribution in [3.8, 4) is 0 Å². The predicted molar refractivity (Wildman–Crippen MR) is 67.7 cm³/mol. The zero-order chi connectivity index (χ0) is 14.0. The molecule has 0 saturated carbocycles. The summed E-state index contributed by atoms with van der Waals surface area (Å²) in [5.41, 5.74) is 0.973. The van der Waals surface area contributed by atoms with Gasteiger partial charge in [0.05, 0.1) is 16.9 Å². The number of aryl methyl sites for hydroxylation is 1. The topological polar surface area (TPSA) is 84.6 Å². The van der Waals surface area contributed by atoms with E-state index in [-0.39, 0.29) is 16.2 Å². The molecule has 1 N–H and O–H groups in total. The van der Waals surface area contributed by atoms with Crippen LogP contribution in [0.1, 0.15) is 21.7 Å². The third-order valence-corrected chi connectivity index (χ3v) is 4.30. The zero-order valence-corrected chi connectivity index (χ0v) is 11.0. The summed E-state index contributed by atoms with van der Waals surface area (Å²) in [6, 6.07) is 7.84. The maximum atomic E-state index is 12.2. The molecule has 19 heavy (non-hydrogen) atoms. The van der Waals surface area contributed by atoms with Gasteiger partial charge in [-0.25, -0.2) is 13.2 Å². The van der Waals surface area contributed by atoms with E-state index < -0.39 is 21.6 Å². The molecule has 6 heteroatoms. The van der Waals surface area contributed by atoms with Crippen LogP contribution in [0.2, 0.25) is 0 Å². The predicted octanol–water partition coefficient (Wildman–Crippen LogP) is 2.26. The van der Waals surface area contributed by atoms with Gasteiger partial charge >= 0.3 is 5.97 Å². The summed E-state index contributed by atoms with van der Waals surface area (Å²) in [4.78, 5) is 11.0. The molecule has 0 fully saturated rings. The second-order valence-corrected chi connectivity index (χ2v) is 6.15. The Labute approximate surface area is 110 Å². The number of rotatable bonds is 4. The van der Waals surface area contributed by atoms with E-state index in [9.17, 15) is 13.2 Å². The number of aromatic carboxylic acids is 1. The first-order valence-electron chi connectivity index (χ1n) is 5.49. The normalized spacial score (nSPS) is 11.4. The Morgan fingerprint density at radius 3 is 2.68 bits per heavy atom. The van der Waals surface area contributed by atoms with Gasteiger partial charge in [0, 0.05) is 5.56 Å². The molecule has 0 saturated heterocycles. The minimum Gasteiger partial charge on any atom is -0.475 e. The van der Waals surface area contributed by atoms with E-state index in [0.717, 1.165) is 5.56 Å². The lowest BCUT2D eigenvalue weighted by atomic mass is 10.2. The molecule has 0 spiro atoms. The van der Waals surface area contributed by atoms with Crippen molar-refractivity contribution in [2.75, 3.05) is 0 Å². The Bertz CT molecular complexity index is 712. The van der Waals surface area contributed by atoms with Crippen molar-refractivity contribution in [2.45, 2.75) is 17.6 Å². The molecule has 100 valence electrons. The first-order chi connectivity index (χ1) is 8.90. The summed E-state index contributed by atoms with van der Waals surface area (Å²) in [5.74, 6) is -2.01. The lowest BCUT2D eigenvalue weighted by molar-refractivity contribution is 0.0661. The first kappa shape index (κ1) is 13.4. The molecule has 1 aromatic carbocycles. The summed E-state index contributed by atoms with van der Waals surface area (Å²) in [6.07, 6.45) is 1.17. The molecule has 0 bridgehead atoms. The second kappa shape index (κ2) is 4.89. The number of carboxylic acid groups (broad SMARTS) is 1. The van der Waals surface area contributed by atoms with Gasteiger partial charge in [-0.1, -0.05) is 12.1 Å². The van der Waals surface area contributed by atoms with E-state index >= 15 is 0 Å². The fraction of sp³-hybridized carbons (Fsp3) is 0.154. The van der Waals surface area contributed by atoms with Crippen molar-refractivity contribution < 1.29 is 22.7 Å². The molecule has 0 aliphatic carbocycles. The summed E-state index contributed by atoms with van der Waals surface area (Å²) in [7, 11) is -3.59. The molecule has 0 aliphatic rings. The molecule has 2 aromatic rings. The van der Waals surface area contributed by atoms with Gasteiger partial charge in [-0.15, -0.1) is 0 Å². The van der Waals surface area contributed by atoms with Crippen LogP contribution in [-0.2, 0) is 15.6 Å². The van der Waals surface area contributed by atoms with Crippen molar-refractivity contribution >= 4 is 15.8 Å². The van der Waals surface area contributed by atoms with Crippen LogP contribution in [0.25, 0.3) is 0 Å². The largest absolute Gasteiger partial charge is 0.475 e. The van der Waals surface area contributed by atoms with Crippen molar-refractivity contribution in [2.24, 2.45) is 0 Å². The average Bonchev–Trinajstić information content (AvgIpc) is 2.76. The minimum atomic E-state index is -3.59. The van der Waals surface area contributed by atoms with Crippen molar-refractivity contribution in [1.29, 1.82) is 0 Å². The van der Waals surface area contributed by atoms with E-state index in [1.54, 1.807) is 25.1 Å². The molecule has 1 aromatic heterocycles. The first-order valence-corrected chi connectivity index (χ1v) is 7.14. The minimum absolute atomic E-state index is 0.147. The van der Waals surface area contributed by atoms with Crippen molar-refractivity contribution in [1.82, 2.24) is 0 Å². The highest BCUT2D eigenvalue weighted by molar-refractivity contribution is 7.90. The quantitative estimate of drug-likeness (QED) is 0.928. The third-order valence-electron chi connectivity index (χ3n) is 2.64. The van der Waals surface area contributed by atoms with Crippen LogP contribution in [0.4, 0.5) is 0 Å². The van der Waals surface area contributed by atoms with Crippen LogP contribution >= 0.6 is 0 Å². The van der Waals surface area contributed by atoms with E-state index in [2.05, 4.69) is 0 Å². The Morgan fingerprint density at radius 2 is 2.05 bits per heavy atom. The molecule has 2 rings (SSSR count). The fourth-order valence-electron chi connectivity index (χ4n) is 1.73. The van der Waals surface area contributed by atoms with Crippen LogP contribution in [0.15, 0.2) is 45.9 Å². The molecule has 5 nitrogen and oxygen atoms in total. The lowest BCUT2D eigenvalue weighted by Crippen LogP contribution is -2.08. The number of carboxylic acids is 1. The summed E-state index contributed by atoms with van der Waals surface area (Å²) in [5, 5.41) is 8.88. The van der Waals surface area contributed by atoms with E-state index in [4.69, 9.17) is 9.52 Å². The molecule has 0 atom stereocenters. The molecule has 0 aliphatic heterocycles. The van der Waals surface area contributed by atoms with Gasteiger partial charge in [0.2, 0.25) is 5.76 Å². The lowest BCUT2D eigenvalue weighted by Gasteiger charge is -2.04. The standard InChI is InChI=1S/C13H12O5S/c1-9-3-2-4-11(7-9)19(16,17)8-10-5-6-18-12(10)13(14)15/h2-7H,8H2,1H3,(H,14,15). The fourth-order valence-corrected chi connectivity index (χ4v) is 3.19. The van der Waals surface area contributed by atoms with Gasteiger partial charge in [-0.05, 0) is 30.7 Å². The van der Waals surface area contributed by atoms with Gasteiger partial charge < -0.3 is 9.52 Å². The molecule has 0 unspecified atom stereocenters. The van der Waals surface area contributed by atoms with E-state index in [1.165, 1.54) is 18.4 Å². The van der Waals surface area contributed by atoms with Gasteiger partial charge in [-0.2, -0.15) is 0 Å². The SMILES string of the molecule is Cc1cccc(S(=O)(=O)Cc2ccoc2C(=O)O)c1. The molecular weight excluding hydrogens is 268 g/mol. The summed E-state index contributed by atoms with van der Waals surface area (Å²) < 4.78 is 29.2. The maximum absolute atomic E-state index is 12.2. The molecule has 1 heterocycles.